The predicted molar refractivity (Wildman–Crippen MR) is 53.8 cm³/mol. The zero-order valence-corrected chi connectivity index (χ0v) is 8.80. The highest BCUT2D eigenvalue weighted by Gasteiger charge is 2.19. The minimum absolute atomic E-state index is 0.0227. The molecule has 0 radical (unpaired) electrons. The van der Waals surface area contributed by atoms with Gasteiger partial charge in [0.2, 0.25) is 0 Å². The van der Waals surface area contributed by atoms with E-state index in [2.05, 4.69) is 0 Å². The van der Waals surface area contributed by atoms with Crippen molar-refractivity contribution in [3.05, 3.63) is 37.9 Å². The molecule has 0 aromatic heterocycles. The average molecular weight is 236 g/mol. The fourth-order valence-electron chi connectivity index (χ4n) is 1.09. The molecular weight excluding hydrogens is 229 g/mol. The Morgan fingerprint density at radius 2 is 2.14 bits per heavy atom. The number of halogens is 2. The lowest BCUT2D eigenvalue weighted by atomic mass is 10.2. The molecular formula is C8H7Cl2NO3. The Kier molecular flexibility index (Phi) is 3.69. The molecule has 6 heteroatoms. The van der Waals surface area contributed by atoms with Crippen LogP contribution in [0.2, 0.25) is 10.0 Å². The lowest BCUT2D eigenvalue weighted by Gasteiger charge is -2.03. The van der Waals surface area contributed by atoms with Gasteiger partial charge in [-0.25, -0.2) is 0 Å². The summed E-state index contributed by atoms with van der Waals surface area (Å²) in [6.07, 6.45) is 0. The van der Waals surface area contributed by atoms with Crippen LogP contribution in [-0.4, -0.2) is 12.0 Å². The standard InChI is InChI=1S/C8H7Cl2NO3/c1-14-4-5-2-6(9)3-7(10)8(5)11(12)13/h2-3H,4H2,1H3. The van der Waals surface area contributed by atoms with Crippen LogP contribution in [0.5, 0.6) is 0 Å². The summed E-state index contributed by atoms with van der Waals surface area (Å²) < 4.78 is 4.81. The van der Waals surface area contributed by atoms with Crippen LogP contribution in [0.15, 0.2) is 12.1 Å². The second kappa shape index (κ2) is 4.59. The molecule has 0 aliphatic heterocycles. The normalized spacial score (nSPS) is 10.2. The maximum atomic E-state index is 10.7. The van der Waals surface area contributed by atoms with Crippen LogP contribution in [0, 0.1) is 10.1 Å². The van der Waals surface area contributed by atoms with E-state index in [0.29, 0.717) is 10.6 Å². The van der Waals surface area contributed by atoms with Crippen LogP contribution >= 0.6 is 23.2 Å². The first-order chi connectivity index (χ1) is 6.56. The Morgan fingerprint density at radius 1 is 1.50 bits per heavy atom. The third-order valence-electron chi connectivity index (χ3n) is 1.59. The topological polar surface area (TPSA) is 52.4 Å². The van der Waals surface area contributed by atoms with Gasteiger partial charge in [-0.1, -0.05) is 23.2 Å². The van der Waals surface area contributed by atoms with E-state index in [9.17, 15) is 10.1 Å². The third-order valence-corrected chi connectivity index (χ3v) is 2.10. The van der Waals surface area contributed by atoms with E-state index in [-0.39, 0.29) is 17.3 Å². The number of hydrogen-bond acceptors (Lipinski definition) is 3. The molecule has 0 saturated carbocycles. The van der Waals surface area contributed by atoms with Gasteiger partial charge in [0.1, 0.15) is 5.02 Å². The molecule has 0 unspecified atom stereocenters. The number of ether oxygens (including phenoxy) is 1. The van der Waals surface area contributed by atoms with Crippen molar-refractivity contribution in [3.8, 4) is 0 Å². The summed E-state index contributed by atoms with van der Waals surface area (Å²) in [4.78, 5) is 10.1. The first-order valence-electron chi connectivity index (χ1n) is 3.67. The van der Waals surface area contributed by atoms with Crippen LogP contribution in [0.3, 0.4) is 0 Å². The van der Waals surface area contributed by atoms with E-state index in [1.54, 1.807) is 0 Å². The largest absolute Gasteiger partial charge is 0.380 e. The van der Waals surface area contributed by atoms with Gasteiger partial charge < -0.3 is 4.74 Å². The van der Waals surface area contributed by atoms with Gasteiger partial charge in [0.15, 0.2) is 0 Å². The number of methoxy groups -OCH3 is 1. The maximum absolute atomic E-state index is 10.7. The summed E-state index contributed by atoms with van der Waals surface area (Å²) in [6.45, 7) is 0.108. The molecule has 1 aromatic rings. The highest BCUT2D eigenvalue weighted by Crippen LogP contribution is 2.32. The molecule has 0 aliphatic carbocycles. The number of benzene rings is 1. The number of nitrogens with zero attached hydrogens (tertiary/aromatic N) is 1. The van der Waals surface area contributed by atoms with Gasteiger partial charge in [-0.3, -0.25) is 10.1 Å². The third kappa shape index (κ3) is 2.35. The Balaban J connectivity index is 3.28. The first-order valence-corrected chi connectivity index (χ1v) is 4.43. The molecule has 1 aromatic carbocycles. The van der Waals surface area contributed by atoms with Gasteiger partial charge in [0.25, 0.3) is 5.69 Å². The van der Waals surface area contributed by atoms with E-state index in [0.717, 1.165) is 0 Å². The molecule has 0 spiro atoms. The summed E-state index contributed by atoms with van der Waals surface area (Å²) in [7, 11) is 1.44. The van der Waals surface area contributed by atoms with Crippen molar-refractivity contribution in [2.75, 3.05) is 7.11 Å². The van der Waals surface area contributed by atoms with Gasteiger partial charge in [-0.05, 0) is 12.1 Å². The second-order valence-corrected chi connectivity index (χ2v) is 3.43. The molecule has 0 N–H and O–H groups in total. The van der Waals surface area contributed by atoms with E-state index in [1.807, 2.05) is 0 Å². The first kappa shape index (κ1) is 11.2. The van der Waals surface area contributed by atoms with Crippen molar-refractivity contribution >= 4 is 28.9 Å². The van der Waals surface area contributed by atoms with Crippen LogP contribution in [0.1, 0.15) is 5.56 Å². The molecule has 4 nitrogen and oxygen atoms in total. The summed E-state index contributed by atoms with van der Waals surface area (Å²) >= 11 is 11.4. The molecule has 1 rings (SSSR count). The number of nitro groups is 1. The zero-order chi connectivity index (χ0) is 10.7. The van der Waals surface area contributed by atoms with E-state index >= 15 is 0 Å². The van der Waals surface area contributed by atoms with Crippen LogP contribution in [0.25, 0.3) is 0 Å². The second-order valence-electron chi connectivity index (χ2n) is 2.59. The molecule has 0 amide bonds. The SMILES string of the molecule is COCc1cc(Cl)cc(Cl)c1[N+](=O)[O-]. The molecule has 0 fully saturated rings. The highest BCUT2D eigenvalue weighted by atomic mass is 35.5. The van der Waals surface area contributed by atoms with Crippen molar-refractivity contribution < 1.29 is 9.66 Å². The van der Waals surface area contributed by atoms with Crippen molar-refractivity contribution in [3.63, 3.8) is 0 Å². The van der Waals surface area contributed by atoms with E-state index in [1.165, 1.54) is 19.2 Å². The quantitative estimate of drug-likeness (QED) is 0.598. The lowest BCUT2D eigenvalue weighted by molar-refractivity contribution is -0.385. The summed E-state index contributed by atoms with van der Waals surface area (Å²) in [5, 5.41) is 11.0. The fraction of sp³-hybridized carbons (Fsp3) is 0.250. The van der Waals surface area contributed by atoms with Gasteiger partial charge in [-0.15, -0.1) is 0 Å². The predicted octanol–water partition coefficient (Wildman–Crippen LogP) is 3.05. The molecule has 0 atom stereocenters. The molecule has 0 saturated heterocycles. The van der Waals surface area contributed by atoms with Crippen molar-refractivity contribution in [1.29, 1.82) is 0 Å². The van der Waals surface area contributed by atoms with Crippen LogP contribution in [0.4, 0.5) is 5.69 Å². The van der Waals surface area contributed by atoms with Gasteiger partial charge in [0, 0.05) is 12.1 Å². The Morgan fingerprint density at radius 3 is 2.64 bits per heavy atom. The number of hydrogen-bond donors (Lipinski definition) is 0. The lowest BCUT2D eigenvalue weighted by Crippen LogP contribution is -1.97. The Hall–Kier alpha value is -0.840. The van der Waals surface area contributed by atoms with E-state index in [4.69, 9.17) is 27.9 Å². The molecule has 14 heavy (non-hydrogen) atoms. The molecule has 0 aliphatic rings. The summed E-state index contributed by atoms with van der Waals surface area (Å²) in [6, 6.07) is 2.80. The van der Waals surface area contributed by atoms with Crippen molar-refractivity contribution in [1.82, 2.24) is 0 Å². The number of rotatable bonds is 3. The zero-order valence-electron chi connectivity index (χ0n) is 7.29. The fourth-order valence-corrected chi connectivity index (χ4v) is 1.69. The summed E-state index contributed by atoms with van der Waals surface area (Å²) in [5.41, 5.74) is 0.216. The van der Waals surface area contributed by atoms with Gasteiger partial charge in [-0.2, -0.15) is 0 Å². The smallest absolute Gasteiger partial charge is 0.293 e. The molecule has 76 valence electrons. The molecule has 0 heterocycles. The minimum atomic E-state index is -0.549. The minimum Gasteiger partial charge on any atom is -0.380 e. The average Bonchev–Trinajstić information content (AvgIpc) is 2.01. The van der Waals surface area contributed by atoms with Gasteiger partial charge in [0.05, 0.1) is 17.1 Å². The number of nitro benzene ring substituents is 1. The Bertz CT molecular complexity index is 368. The Labute approximate surface area is 90.5 Å². The van der Waals surface area contributed by atoms with E-state index < -0.39 is 4.92 Å². The van der Waals surface area contributed by atoms with Crippen LogP contribution < -0.4 is 0 Å². The summed E-state index contributed by atoms with van der Waals surface area (Å²) in [5.74, 6) is 0. The monoisotopic (exact) mass is 235 g/mol. The van der Waals surface area contributed by atoms with Crippen molar-refractivity contribution in [2.24, 2.45) is 0 Å². The van der Waals surface area contributed by atoms with Crippen molar-refractivity contribution in [2.45, 2.75) is 6.61 Å². The highest BCUT2D eigenvalue weighted by molar-refractivity contribution is 6.36. The van der Waals surface area contributed by atoms with Gasteiger partial charge >= 0.3 is 0 Å². The molecule has 0 bridgehead atoms. The van der Waals surface area contributed by atoms with Crippen LogP contribution in [-0.2, 0) is 11.3 Å². The maximum Gasteiger partial charge on any atom is 0.293 e.